The van der Waals surface area contributed by atoms with Gasteiger partial charge < -0.3 is 27.2 Å². The lowest BCUT2D eigenvalue weighted by Crippen LogP contribution is -2.54. The van der Waals surface area contributed by atoms with Crippen molar-refractivity contribution in [1.29, 1.82) is 0 Å². The number of nitrogens with two attached hydrogens (primary N) is 2. The molecule has 2 rings (SSSR count). The molecule has 0 aliphatic heterocycles. The fraction of sp³-hybridized carbons (Fsp3) is 0.333. The standard InChI is InChI=1S/C24H31FN6O6S/c1-15-7-9-18(10-8-15)38(36,37)29-14-21(32)30-20(13-16-4-2-5-17(25)12-16)22(33)31-19(23(34)35)6-3-11-28-24(26)27/h2,4-5,7-10,12,19-20,29H,3,6,11,13-14H2,1H3,(H,30,32)(H,31,33)(H,34,35)(H4,26,27,28). The zero-order valence-corrected chi connectivity index (χ0v) is 21.5. The van der Waals surface area contributed by atoms with Gasteiger partial charge in [0.25, 0.3) is 0 Å². The van der Waals surface area contributed by atoms with E-state index in [0.29, 0.717) is 5.56 Å². The van der Waals surface area contributed by atoms with E-state index in [9.17, 15) is 32.3 Å². The average molecular weight is 551 g/mol. The summed E-state index contributed by atoms with van der Waals surface area (Å²) in [5.74, 6) is -3.74. The smallest absolute Gasteiger partial charge is 0.326 e. The second-order valence-electron chi connectivity index (χ2n) is 8.44. The lowest BCUT2D eigenvalue weighted by Gasteiger charge is -2.22. The molecule has 2 atom stereocenters. The number of nitrogens with zero attached hydrogens (tertiary/aromatic N) is 1. The predicted octanol–water partition coefficient (Wildman–Crippen LogP) is -0.237. The maximum Gasteiger partial charge on any atom is 0.326 e. The van der Waals surface area contributed by atoms with Crippen LogP contribution in [0.2, 0.25) is 0 Å². The molecule has 38 heavy (non-hydrogen) atoms. The molecule has 2 aromatic carbocycles. The van der Waals surface area contributed by atoms with E-state index in [1.54, 1.807) is 19.1 Å². The summed E-state index contributed by atoms with van der Waals surface area (Å²) in [4.78, 5) is 41.0. The molecular weight excluding hydrogens is 519 g/mol. The number of nitrogens with one attached hydrogen (secondary N) is 3. The Morgan fingerprint density at radius 3 is 2.34 bits per heavy atom. The van der Waals surface area contributed by atoms with Crippen molar-refractivity contribution in [2.45, 2.75) is 43.2 Å². The maximum atomic E-state index is 13.7. The number of guanidine groups is 1. The van der Waals surface area contributed by atoms with Crippen molar-refractivity contribution in [3.63, 3.8) is 0 Å². The van der Waals surface area contributed by atoms with Crippen molar-refractivity contribution in [1.82, 2.24) is 15.4 Å². The number of hydrogen-bond acceptors (Lipinski definition) is 6. The normalized spacial score (nSPS) is 12.7. The van der Waals surface area contributed by atoms with Crippen molar-refractivity contribution in [2.24, 2.45) is 16.5 Å². The zero-order chi connectivity index (χ0) is 28.3. The highest BCUT2D eigenvalue weighted by Crippen LogP contribution is 2.10. The molecule has 0 aliphatic carbocycles. The largest absolute Gasteiger partial charge is 0.480 e. The minimum atomic E-state index is -4.01. The number of aliphatic carboxylic acids is 1. The summed E-state index contributed by atoms with van der Waals surface area (Å²) in [7, 11) is -4.01. The predicted molar refractivity (Wildman–Crippen MR) is 138 cm³/mol. The van der Waals surface area contributed by atoms with Gasteiger partial charge in [-0.2, -0.15) is 0 Å². The van der Waals surface area contributed by atoms with Gasteiger partial charge in [0.05, 0.1) is 11.4 Å². The van der Waals surface area contributed by atoms with Crippen LogP contribution in [0.5, 0.6) is 0 Å². The first kappa shape index (κ1) is 30.2. The number of amides is 2. The van der Waals surface area contributed by atoms with Crippen LogP contribution in [0.25, 0.3) is 0 Å². The molecule has 0 saturated carbocycles. The second-order valence-corrected chi connectivity index (χ2v) is 10.2. The third-order valence-corrected chi connectivity index (χ3v) is 6.71. The first-order valence-electron chi connectivity index (χ1n) is 11.6. The summed E-state index contributed by atoms with van der Waals surface area (Å²) in [5.41, 5.74) is 11.7. The van der Waals surface area contributed by atoms with E-state index >= 15 is 0 Å². The minimum Gasteiger partial charge on any atom is -0.480 e. The van der Waals surface area contributed by atoms with E-state index in [0.717, 1.165) is 11.6 Å². The highest BCUT2D eigenvalue weighted by molar-refractivity contribution is 7.89. The Morgan fingerprint density at radius 1 is 1.05 bits per heavy atom. The summed E-state index contributed by atoms with van der Waals surface area (Å²) in [5, 5.41) is 14.3. The van der Waals surface area contributed by atoms with E-state index in [2.05, 4.69) is 20.3 Å². The minimum absolute atomic E-state index is 0.00512. The molecule has 2 unspecified atom stereocenters. The molecule has 0 spiro atoms. The summed E-state index contributed by atoms with van der Waals surface area (Å²) in [6.07, 6.45) is 0.0616. The zero-order valence-electron chi connectivity index (χ0n) is 20.7. The number of rotatable bonds is 14. The van der Waals surface area contributed by atoms with Crippen molar-refractivity contribution in [3.8, 4) is 0 Å². The quantitative estimate of drug-likeness (QED) is 0.105. The molecule has 0 saturated heterocycles. The Bertz CT molecular complexity index is 1270. The number of sulfonamides is 1. The van der Waals surface area contributed by atoms with Gasteiger partial charge in [-0.3, -0.25) is 14.6 Å². The van der Waals surface area contributed by atoms with Crippen LogP contribution in [0.1, 0.15) is 24.0 Å². The molecule has 8 N–H and O–H groups in total. The van der Waals surface area contributed by atoms with E-state index < -0.39 is 52.3 Å². The summed E-state index contributed by atoms with van der Waals surface area (Å²) in [6, 6.07) is 8.64. The van der Waals surface area contributed by atoms with Crippen LogP contribution in [0, 0.1) is 12.7 Å². The topological polar surface area (TPSA) is 206 Å². The summed E-state index contributed by atoms with van der Waals surface area (Å²) >= 11 is 0. The third-order valence-electron chi connectivity index (χ3n) is 5.29. The Labute approximate surface area is 219 Å². The van der Waals surface area contributed by atoms with Crippen LogP contribution in [0.15, 0.2) is 58.4 Å². The van der Waals surface area contributed by atoms with E-state index in [-0.39, 0.29) is 36.7 Å². The molecule has 0 bridgehead atoms. The number of benzene rings is 2. The fourth-order valence-electron chi connectivity index (χ4n) is 3.35. The number of carbonyl (C=O) groups is 3. The summed E-state index contributed by atoms with van der Waals surface area (Å²) in [6.45, 7) is 1.25. The van der Waals surface area contributed by atoms with Gasteiger partial charge in [0.15, 0.2) is 5.96 Å². The number of aryl methyl sites for hydroxylation is 1. The highest BCUT2D eigenvalue weighted by Gasteiger charge is 2.27. The number of carboxylic acids is 1. The first-order chi connectivity index (χ1) is 17.9. The van der Waals surface area contributed by atoms with Crippen LogP contribution in [0.3, 0.4) is 0 Å². The molecular formula is C24H31FN6O6S. The molecule has 12 nitrogen and oxygen atoms in total. The van der Waals surface area contributed by atoms with Crippen molar-refractivity contribution in [3.05, 3.63) is 65.5 Å². The monoisotopic (exact) mass is 550 g/mol. The van der Waals surface area contributed by atoms with Gasteiger partial charge in [-0.05, 0) is 49.6 Å². The Balaban J connectivity index is 2.12. The average Bonchev–Trinajstić information content (AvgIpc) is 2.84. The SMILES string of the molecule is Cc1ccc(S(=O)(=O)NCC(=O)NC(Cc2cccc(F)c2)C(=O)NC(CCCN=C(N)N)C(=O)O)cc1. The van der Waals surface area contributed by atoms with Crippen molar-refractivity contribution in [2.75, 3.05) is 13.1 Å². The van der Waals surface area contributed by atoms with Crippen LogP contribution < -0.4 is 26.8 Å². The number of aliphatic imine (C=N–C) groups is 1. The van der Waals surface area contributed by atoms with Crippen LogP contribution >= 0.6 is 0 Å². The van der Waals surface area contributed by atoms with Gasteiger partial charge in [0.2, 0.25) is 21.8 Å². The fourth-order valence-corrected chi connectivity index (χ4v) is 4.33. The van der Waals surface area contributed by atoms with Crippen molar-refractivity contribution < 1.29 is 32.3 Å². The Kier molecular flexibility index (Phi) is 11.2. The van der Waals surface area contributed by atoms with Gasteiger partial charge in [-0.15, -0.1) is 0 Å². The third kappa shape index (κ3) is 10.1. The molecule has 14 heteroatoms. The lowest BCUT2D eigenvalue weighted by atomic mass is 10.0. The van der Waals surface area contributed by atoms with E-state index in [1.807, 2.05) is 0 Å². The Morgan fingerprint density at radius 2 is 1.74 bits per heavy atom. The number of carboxylic acid groups (broad SMARTS) is 1. The second kappa shape index (κ2) is 14.0. The van der Waals surface area contributed by atoms with Crippen LogP contribution in [0.4, 0.5) is 4.39 Å². The lowest BCUT2D eigenvalue weighted by molar-refractivity contribution is -0.142. The molecule has 0 aliphatic rings. The number of hydrogen-bond donors (Lipinski definition) is 6. The highest BCUT2D eigenvalue weighted by atomic mass is 32.2. The van der Waals surface area contributed by atoms with Gasteiger partial charge in [-0.25, -0.2) is 22.3 Å². The van der Waals surface area contributed by atoms with Gasteiger partial charge >= 0.3 is 5.97 Å². The molecule has 0 radical (unpaired) electrons. The van der Waals surface area contributed by atoms with Gasteiger partial charge in [0.1, 0.15) is 17.9 Å². The van der Waals surface area contributed by atoms with Crippen molar-refractivity contribution >= 4 is 33.8 Å². The van der Waals surface area contributed by atoms with Crippen LogP contribution in [-0.4, -0.2) is 62.4 Å². The molecule has 2 aromatic rings. The Hall–Kier alpha value is -4.04. The van der Waals surface area contributed by atoms with E-state index in [1.165, 1.54) is 30.3 Å². The molecule has 206 valence electrons. The maximum absolute atomic E-state index is 13.7. The molecule has 0 fully saturated rings. The van der Waals surface area contributed by atoms with Gasteiger partial charge in [0, 0.05) is 13.0 Å². The van der Waals surface area contributed by atoms with Crippen LogP contribution in [-0.2, 0) is 30.8 Å². The number of halogens is 1. The summed E-state index contributed by atoms with van der Waals surface area (Å²) < 4.78 is 40.8. The first-order valence-corrected chi connectivity index (χ1v) is 13.0. The molecule has 2 amide bonds. The molecule has 0 heterocycles. The van der Waals surface area contributed by atoms with E-state index in [4.69, 9.17) is 11.5 Å². The molecule has 0 aromatic heterocycles. The number of carbonyl (C=O) groups excluding carboxylic acids is 2. The van der Waals surface area contributed by atoms with Gasteiger partial charge in [-0.1, -0.05) is 29.8 Å².